The van der Waals surface area contributed by atoms with Crippen molar-refractivity contribution in [3.63, 3.8) is 0 Å². The third kappa shape index (κ3) is 3.89. The Balaban J connectivity index is 2.30. The maximum atomic E-state index is 12.2. The largest absolute Gasteiger partial charge is 0.377 e. The van der Waals surface area contributed by atoms with E-state index in [1.807, 2.05) is 6.92 Å². The Bertz CT molecular complexity index is 654. The fraction of sp³-hybridized carbons (Fsp3) is 0.500. The molecule has 116 valence electrons. The quantitative estimate of drug-likeness (QED) is 0.841. The van der Waals surface area contributed by atoms with Gasteiger partial charge in [0.1, 0.15) is 4.90 Å². The number of carbonyl (C=O) groups is 1. The maximum absolute atomic E-state index is 12.2. The number of rotatable bonds is 5. The zero-order chi connectivity index (χ0) is 15.8. The third-order valence-corrected chi connectivity index (χ3v) is 5.01. The zero-order valence-electron chi connectivity index (χ0n) is 12.3. The van der Waals surface area contributed by atoms with Gasteiger partial charge < -0.3 is 10.2 Å². The molecule has 2 rings (SSSR count). The van der Waals surface area contributed by atoms with Gasteiger partial charge in [-0.2, -0.15) is 0 Å². The first-order chi connectivity index (χ1) is 9.70. The molecule has 1 amide bonds. The molecule has 1 saturated carbocycles. The smallest absolute Gasteiger partial charge is 0.263 e. The van der Waals surface area contributed by atoms with Gasteiger partial charge in [0.05, 0.1) is 5.69 Å². The number of benzene rings is 1. The van der Waals surface area contributed by atoms with Gasteiger partial charge in [-0.3, -0.25) is 4.79 Å². The molecule has 1 fully saturated rings. The first-order valence-electron chi connectivity index (χ1n) is 6.77. The molecule has 1 aliphatic rings. The summed E-state index contributed by atoms with van der Waals surface area (Å²) in [6, 6.07) is 4.62. The summed E-state index contributed by atoms with van der Waals surface area (Å²) in [6.45, 7) is 1.96. The Hall–Kier alpha value is -1.27. The summed E-state index contributed by atoms with van der Waals surface area (Å²) >= 11 is 0. The first kappa shape index (κ1) is 16.1. The van der Waals surface area contributed by atoms with Crippen molar-refractivity contribution >= 4 is 31.3 Å². The van der Waals surface area contributed by atoms with Gasteiger partial charge in [0.25, 0.3) is 15.0 Å². The van der Waals surface area contributed by atoms with E-state index in [9.17, 15) is 13.2 Å². The lowest BCUT2D eigenvalue weighted by Gasteiger charge is -2.17. The Morgan fingerprint density at radius 3 is 2.48 bits per heavy atom. The topological polar surface area (TPSA) is 66.5 Å². The van der Waals surface area contributed by atoms with Crippen LogP contribution in [0.4, 0.5) is 5.69 Å². The molecule has 0 bridgehead atoms. The second-order valence-corrected chi connectivity index (χ2v) is 8.15. The van der Waals surface area contributed by atoms with Crippen LogP contribution in [-0.4, -0.2) is 34.5 Å². The number of nitrogens with one attached hydrogen (secondary N) is 1. The fourth-order valence-electron chi connectivity index (χ4n) is 2.22. The van der Waals surface area contributed by atoms with Crippen LogP contribution in [0.3, 0.4) is 0 Å². The monoisotopic (exact) mass is 330 g/mol. The first-order valence-corrected chi connectivity index (χ1v) is 9.08. The van der Waals surface area contributed by atoms with Gasteiger partial charge in [-0.1, -0.05) is 0 Å². The highest BCUT2D eigenvalue weighted by Crippen LogP contribution is 2.32. The molecular weight excluding hydrogens is 312 g/mol. The lowest BCUT2D eigenvalue weighted by molar-refractivity contribution is 0.0935. The Morgan fingerprint density at radius 1 is 1.38 bits per heavy atom. The minimum Gasteiger partial charge on any atom is -0.377 e. The highest BCUT2D eigenvalue weighted by molar-refractivity contribution is 8.13. The van der Waals surface area contributed by atoms with Gasteiger partial charge in [0, 0.05) is 36.4 Å². The van der Waals surface area contributed by atoms with Crippen LogP contribution in [0, 0.1) is 5.92 Å². The van der Waals surface area contributed by atoms with Crippen LogP contribution in [0.15, 0.2) is 23.1 Å². The molecule has 0 aliphatic heterocycles. The van der Waals surface area contributed by atoms with E-state index >= 15 is 0 Å². The molecule has 0 heterocycles. The van der Waals surface area contributed by atoms with Gasteiger partial charge >= 0.3 is 0 Å². The van der Waals surface area contributed by atoms with Crippen molar-refractivity contribution in [3.8, 4) is 0 Å². The Labute approximate surface area is 129 Å². The van der Waals surface area contributed by atoms with E-state index in [2.05, 4.69) is 5.32 Å². The summed E-state index contributed by atoms with van der Waals surface area (Å²) < 4.78 is 23.4. The van der Waals surface area contributed by atoms with Crippen molar-refractivity contribution in [2.45, 2.75) is 30.7 Å². The van der Waals surface area contributed by atoms with E-state index in [-0.39, 0.29) is 16.8 Å². The summed E-state index contributed by atoms with van der Waals surface area (Å²) in [5, 5.41) is 2.90. The molecule has 1 unspecified atom stereocenters. The van der Waals surface area contributed by atoms with Crippen LogP contribution in [0.25, 0.3) is 0 Å². The molecule has 1 N–H and O–H groups in total. The second kappa shape index (κ2) is 5.85. The molecular formula is C14H19ClN2O3S. The number of anilines is 1. The average Bonchev–Trinajstić information content (AvgIpc) is 3.20. The van der Waals surface area contributed by atoms with Gasteiger partial charge in [0.15, 0.2) is 0 Å². The fourth-order valence-corrected chi connectivity index (χ4v) is 3.36. The van der Waals surface area contributed by atoms with Gasteiger partial charge in [-0.05, 0) is 43.9 Å². The van der Waals surface area contributed by atoms with Gasteiger partial charge in [-0.25, -0.2) is 8.42 Å². The lowest BCUT2D eigenvalue weighted by Crippen LogP contribution is -2.34. The van der Waals surface area contributed by atoms with Crippen molar-refractivity contribution in [1.29, 1.82) is 0 Å². The van der Waals surface area contributed by atoms with E-state index in [1.54, 1.807) is 31.1 Å². The molecule has 0 saturated heterocycles. The van der Waals surface area contributed by atoms with Crippen molar-refractivity contribution in [1.82, 2.24) is 5.32 Å². The number of amides is 1. The molecule has 0 aromatic heterocycles. The highest BCUT2D eigenvalue weighted by atomic mass is 35.7. The zero-order valence-corrected chi connectivity index (χ0v) is 13.8. The second-order valence-electron chi connectivity index (χ2n) is 5.61. The number of hydrogen-bond donors (Lipinski definition) is 1. The van der Waals surface area contributed by atoms with Crippen molar-refractivity contribution < 1.29 is 13.2 Å². The van der Waals surface area contributed by atoms with E-state index in [0.717, 1.165) is 12.8 Å². The molecule has 1 aliphatic carbocycles. The lowest BCUT2D eigenvalue weighted by atomic mass is 10.1. The third-order valence-electron chi connectivity index (χ3n) is 3.65. The Kier molecular flexibility index (Phi) is 4.49. The van der Waals surface area contributed by atoms with Crippen molar-refractivity contribution in [3.05, 3.63) is 23.8 Å². The van der Waals surface area contributed by atoms with E-state index < -0.39 is 9.05 Å². The molecule has 7 heteroatoms. The number of halogens is 1. The van der Waals surface area contributed by atoms with Gasteiger partial charge in [0.2, 0.25) is 0 Å². The van der Waals surface area contributed by atoms with E-state index in [1.165, 1.54) is 6.07 Å². The van der Waals surface area contributed by atoms with Crippen LogP contribution < -0.4 is 10.2 Å². The Morgan fingerprint density at radius 2 is 2.00 bits per heavy atom. The molecule has 21 heavy (non-hydrogen) atoms. The number of carbonyl (C=O) groups excluding carboxylic acids is 1. The average molecular weight is 331 g/mol. The molecule has 1 aromatic rings. The minimum atomic E-state index is -3.92. The molecule has 0 radical (unpaired) electrons. The standard InChI is InChI=1S/C14H19ClN2O3S/c1-9(10-4-5-10)16-14(18)11-6-7-12(17(2)3)13(8-11)21(15,19)20/h6-10H,4-5H2,1-3H3,(H,16,18). The van der Waals surface area contributed by atoms with Crippen molar-refractivity contribution in [2.75, 3.05) is 19.0 Å². The van der Waals surface area contributed by atoms with Crippen LogP contribution in [-0.2, 0) is 9.05 Å². The highest BCUT2D eigenvalue weighted by Gasteiger charge is 2.29. The summed E-state index contributed by atoms with van der Waals surface area (Å²) in [5.41, 5.74) is 0.754. The molecule has 1 atom stereocenters. The maximum Gasteiger partial charge on any atom is 0.263 e. The van der Waals surface area contributed by atoms with Crippen molar-refractivity contribution in [2.24, 2.45) is 5.92 Å². The molecule has 5 nitrogen and oxygen atoms in total. The summed E-state index contributed by atoms with van der Waals surface area (Å²) in [7, 11) is 4.98. The normalized spacial score (nSPS) is 16.4. The number of hydrogen-bond acceptors (Lipinski definition) is 4. The van der Waals surface area contributed by atoms with E-state index in [0.29, 0.717) is 17.2 Å². The van der Waals surface area contributed by atoms with Crippen LogP contribution >= 0.6 is 10.7 Å². The summed E-state index contributed by atoms with van der Waals surface area (Å²) in [4.78, 5) is 13.8. The predicted molar refractivity (Wildman–Crippen MR) is 83.5 cm³/mol. The summed E-state index contributed by atoms with van der Waals surface area (Å²) in [6.07, 6.45) is 2.25. The van der Waals surface area contributed by atoms with Crippen LogP contribution in [0.2, 0.25) is 0 Å². The minimum absolute atomic E-state index is 0.0547. The molecule has 1 aromatic carbocycles. The summed E-state index contributed by atoms with van der Waals surface area (Å²) in [5.74, 6) is 0.257. The van der Waals surface area contributed by atoms with Crippen LogP contribution in [0.5, 0.6) is 0 Å². The van der Waals surface area contributed by atoms with Crippen LogP contribution in [0.1, 0.15) is 30.1 Å². The number of nitrogens with zero attached hydrogens (tertiary/aromatic N) is 1. The predicted octanol–water partition coefficient (Wildman–Crippen LogP) is 2.21. The van der Waals surface area contributed by atoms with Gasteiger partial charge in [-0.15, -0.1) is 0 Å². The van der Waals surface area contributed by atoms with E-state index in [4.69, 9.17) is 10.7 Å². The molecule has 0 spiro atoms. The SMILES string of the molecule is CC(NC(=O)c1ccc(N(C)C)c(S(=O)(=O)Cl)c1)C1CC1.